The first-order valence-electron chi connectivity index (χ1n) is 9.97. The van der Waals surface area contributed by atoms with E-state index in [2.05, 4.69) is 10.6 Å². The molecule has 0 aliphatic rings. The summed E-state index contributed by atoms with van der Waals surface area (Å²) in [7, 11) is 0. The second kappa shape index (κ2) is 9.74. The SMILES string of the molecule is CCOC(=O)c1c(NC(=O)c2cccc(F)c2)sc(C(=O)Nc2ccc(C)cc2C)c1C. The first-order chi connectivity index (χ1) is 15.2. The third-order valence-corrected chi connectivity index (χ3v) is 5.98. The molecule has 0 fully saturated rings. The highest BCUT2D eigenvalue weighted by Crippen LogP contribution is 2.35. The highest BCUT2D eigenvalue weighted by atomic mass is 32.1. The second-order valence-electron chi connectivity index (χ2n) is 7.22. The Balaban J connectivity index is 1.96. The fourth-order valence-electron chi connectivity index (χ4n) is 3.21. The number of thiophene rings is 1. The minimum absolute atomic E-state index is 0.0899. The molecular weight excluding hydrogens is 431 g/mol. The van der Waals surface area contributed by atoms with Crippen LogP contribution >= 0.6 is 11.3 Å². The van der Waals surface area contributed by atoms with E-state index in [1.165, 1.54) is 18.2 Å². The average Bonchev–Trinajstić information content (AvgIpc) is 3.06. The van der Waals surface area contributed by atoms with Crippen molar-refractivity contribution in [3.8, 4) is 0 Å². The van der Waals surface area contributed by atoms with Gasteiger partial charge in [-0.1, -0.05) is 23.8 Å². The minimum Gasteiger partial charge on any atom is -0.462 e. The number of halogens is 1. The van der Waals surface area contributed by atoms with Gasteiger partial charge in [-0.3, -0.25) is 9.59 Å². The van der Waals surface area contributed by atoms with Crippen molar-refractivity contribution in [1.29, 1.82) is 0 Å². The van der Waals surface area contributed by atoms with Crippen molar-refractivity contribution in [2.75, 3.05) is 17.2 Å². The zero-order valence-corrected chi connectivity index (χ0v) is 19.0. The van der Waals surface area contributed by atoms with E-state index in [0.717, 1.165) is 28.5 Å². The lowest BCUT2D eigenvalue weighted by Crippen LogP contribution is -2.15. The maximum absolute atomic E-state index is 13.5. The number of carbonyl (C=O) groups is 3. The summed E-state index contributed by atoms with van der Waals surface area (Å²) in [6, 6.07) is 10.8. The van der Waals surface area contributed by atoms with Crippen LogP contribution in [0.25, 0.3) is 0 Å². The molecule has 3 aromatic rings. The van der Waals surface area contributed by atoms with Crippen molar-refractivity contribution < 1.29 is 23.5 Å². The highest BCUT2D eigenvalue weighted by Gasteiger charge is 2.27. The van der Waals surface area contributed by atoms with Gasteiger partial charge in [-0.25, -0.2) is 9.18 Å². The Bertz CT molecular complexity index is 1200. The summed E-state index contributed by atoms with van der Waals surface area (Å²) >= 11 is 0.965. The normalized spacial score (nSPS) is 10.5. The first-order valence-corrected chi connectivity index (χ1v) is 10.8. The van der Waals surface area contributed by atoms with Gasteiger partial charge in [0.1, 0.15) is 10.8 Å². The zero-order chi connectivity index (χ0) is 23.4. The summed E-state index contributed by atoms with van der Waals surface area (Å²) in [5, 5.41) is 5.65. The summed E-state index contributed by atoms with van der Waals surface area (Å²) in [6.45, 7) is 7.27. The Morgan fingerprint density at radius 3 is 2.41 bits per heavy atom. The number of esters is 1. The van der Waals surface area contributed by atoms with E-state index >= 15 is 0 Å². The number of rotatable bonds is 6. The standard InChI is InChI=1S/C24H23FN2O4S/c1-5-31-24(30)19-15(4)20(22(29)26-18-10-9-13(2)11-14(18)3)32-23(19)27-21(28)16-7-6-8-17(25)12-16/h6-12H,5H2,1-4H3,(H,26,29)(H,27,28). The van der Waals surface area contributed by atoms with Gasteiger partial charge < -0.3 is 15.4 Å². The fraction of sp³-hybridized carbons (Fsp3) is 0.208. The molecule has 1 aromatic heterocycles. The van der Waals surface area contributed by atoms with E-state index in [-0.39, 0.29) is 27.6 Å². The molecule has 3 rings (SSSR count). The van der Waals surface area contributed by atoms with Gasteiger partial charge in [0.2, 0.25) is 0 Å². The largest absolute Gasteiger partial charge is 0.462 e. The molecule has 166 valence electrons. The van der Waals surface area contributed by atoms with Crippen LogP contribution in [0.4, 0.5) is 15.1 Å². The van der Waals surface area contributed by atoms with Crippen molar-refractivity contribution in [1.82, 2.24) is 0 Å². The van der Waals surface area contributed by atoms with E-state index < -0.39 is 23.6 Å². The molecule has 0 atom stereocenters. The van der Waals surface area contributed by atoms with E-state index in [0.29, 0.717) is 11.3 Å². The lowest BCUT2D eigenvalue weighted by atomic mass is 10.1. The Kier molecular flexibility index (Phi) is 7.05. The number of carbonyl (C=O) groups excluding carboxylic acids is 3. The van der Waals surface area contributed by atoms with Crippen LogP contribution in [0.1, 0.15) is 54.0 Å². The molecule has 1 heterocycles. The number of nitrogens with one attached hydrogen (secondary N) is 2. The molecular formula is C24H23FN2O4S. The molecule has 0 bridgehead atoms. The van der Waals surface area contributed by atoms with E-state index in [1.807, 2.05) is 32.0 Å². The van der Waals surface area contributed by atoms with E-state index in [1.54, 1.807) is 13.8 Å². The van der Waals surface area contributed by atoms with Gasteiger partial charge in [-0.2, -0.15) is 0 Å². The topological polar surface area (TPSA) is 84.5 Å². The van der Waals surface area contributed by atoms with Crippen molar-refractivity contribution in [3.05, 3.63) is 81.0 Å². The van der Waals surface area contributed by atoms with Crippen LogP contribution < -0.4 is 10.6 Å². The number of anilines is 2. The van der Waals surface area contributed by atoms with Gasteiger partial charge in [-0.15, -0.1) is 11.3 Å². The number of hydrogen-bond acceptors (Lipinski definition) is 5. The Hall–Kier alpha value is -3.52. The number of ether oxygens (including phenoxy) is 1. The lowest BCUT2D eigenvalue weighted by molar-refractivity contribution is 0.0527. The molecule has 32 heavy (non-hydrogen) atoms. The lowest BCUT2D eigenvalue weighted by Gasteiger charge is -2.09. The van der Waals surface area contributed by atoms with Crippen LogP contribution in [0.5, 0.6) is 0 Å². The third kappa shape index (κ3) is 5.03. The molecule has 0 radical (unpaired) electrons. The van der Waals surface area contributed by atoms with Gasteiger partial charge >= 0.3 is 5.97 Å². The molecule has 0 aliphatic carbocycles. The molecule has 0 saturated carbocycles. The van der Waals surface area contributed by atoms with Crippen molar-refractivity contribution in [2.24, 2.45) is 0 Å². The molecule has 0 unspecified atom stereocenters. The van der Waals surface area contributed by atoms with Crippen LogP contribution in [0.2, 0.25) is 0 Å². The fourth-order valence-corrected chi connectivity index (χ4v) is 4.29. The average molecular weight is 455 g/mol. The maximum atomic E-state index is 13.5. The van der Waals surface area contributed by atoms with Gasteiger partial charge in [-0.05, 0) is 63.1 Å². The molecule has 0 spiro atoms. The zero-order valence-electron chi connectivity index (χ0n) is 18.2. The van der Waals surface area contributed by atoms with Crippen LogP contribution in [-0.2, 0) is 4.74 Å². The van der Waals surface area contributed by atoms with Gasteiger partial charge in [0.25, 0.3) is 11.8 Å². The first kappa shape index (κ1) is 23.1. The third-order valence-electron chi connectivity index (χ3n) is 4.78. The molecule has 2 N–H and O–H groups in total. The smallest absolute Gasteiger partial charge is 0.341 e. The number of amides is 2. The van der Waals surface area contributed by atoms with E-state index in [9.17, 15) is 18.8 Å². The summed E-state index contributed by atoms with van der Waals surface area (Å²) in [5.74, 6) is -2.21. The molecule has 6 nitrogen and oxygen atoms in total. The minimum atomic E-state index is -0.652. The van der Waals surface area contributed by atoms with Gasteiger partial charge in [0.05, 0.1) is 17.0 Å². The van der Waals surface area contributed by atoms with Crippen LogP contribution in [0, 0.1) is 26.6 Å². The molecule has 0 aliphatic heterocycles. The van der Waals surface area contributed by atoms with Crippen LogP contribution in [0.3, 0.4) is 0 Å². The van der Waals surface area contributed by atoms with E-state index in [4.69, 9.17) is 4.74 Å². The highest BCUT2D eigenvalue weighted by molar-refractivity contribution is 7.19. The Labute approximate surface area is 189 Å². The van der Waals surface area contributed by atoms with Crippen molar-refractivity contribution in [2.45, 2.75) is 27.7 Å². The second-order valence-corrected chi connectivity index (χ2v) is 8.24. The monoisotopic (exact) mass is 454 g/mol. The van der Waals surface area contributed by atoms with Gasteiger partial charge in [0.15, 0.2) is 0 Å². The number of aryl methyl sites for hydroxylation is 2. The maximum Gasteiger partial charge on any atom is 0.341 e. The summed E-state index contributed by atoms with van der Waals surface area (Å²) in [4.78, 5) is 38.5. The summed E-state index contributed by atoms with van der Waals surface area (Å²) in [5.41, 5.74) is 3.21. The van der Waals surface area contributed by atoms with Crippen molar-refractivity contribution in [3.63, 3.8) is 0 Å². The predicted octanol–water partition coefficient (Wildman–Crippen LogP) is 5.49. The molecule has 2 amide bonds. The van der Waals surface area contributed by atoms with Crippen molar-refractivity contribution >= 4 is 39.8 Å². The Morgan fingerprint density at radius 2 is 1.75 bits per heavy atom. The summed E-state index contributed by atoms with van der Waals surface area (Å²) in [6.07, 6.45) is 0. The number of benzene rings is 2. The Morgan fingerprint density at radius 1 is 1.00 bits per heavy atom. The van der Waals surface area contributed by atoms with Crippen LogP contribution in [0.15, 0.2) is 42.5 Å². The quantitative estimate of drug-likeness (QED) is 0.482. The van der Waals surface area contributed by atoms with Crippen LogP contribution in [-0.4, -0.2) is 24.4 Å². The predicted molar refractivity (Wildman–Crippen MR) is 123 cm³/mol. The molecule has 8 heteroatoms. The summed E-state index contributed by atoms with van der Waals surface area (Å²) < 4.78 is 18.6. The number of hydrogen-bond donors (Lipinski definition) is 2. The molecule has 2 aromatic carbocycles. The molecule has 0 saturated heterocycles. The van der Waals surface area contributed by atoms with Gasteiger partial charge in [0, 0.05) is 11.3 Å².